The summed E-state index contributed by atoms with van der Waals surface area (Å²) in [5.74, 6) is 0.266. The number of nitrogens with one attached hydrogen (secondary N) is 1. The lowest BCUT2D eigenvalue weighted by molar-refractivity contribution is 0.102. The number of nitrogens with zero attached hydrogens (tertiary/aromatic N) is 2. The topological polar surface area (TPSA) is 67.2 Å². The van der Waals surface area contributed by atoms with E-state index in [4.69, 9.17) is 0 Å². The van der Waals surface area contributed by atoms with Gasteiger partial charge in [0.05, 0.1) is 11.3 Å². The van der Waals surface area contributed by atoms with Crippen LogP contribution in [0, 0.1) is 13.8 Å². The van der Waals surface area contributed by atoms with Gasteiger partial charge >= 0.3 is 0 Å². The fraction of sp³-hybridized carbons (Fsp3) is 0.412. The molecule has 1 aromatic carbocycles. The summed E-state index contributed by atoms with van der Waals surface area (Å²) in [6.07, 6.45) is 1.75. The number of aryl methyl sites for hydroxylation is 3. The first-order valence-electron chi connectivity index (χ1n) is 7.52. The highest BCUT2D eigenvalue weighted by atomic mass is 16.3. The van der Waals surface area contributed by atoms with Crippen LogP contribution in [0.3, 0.4) is 0 Å². The van der Waals surface area contributed by atoms with Crippen molar-refractivity contribution in [2.75, 3.05) is 5.32 Å². The minimum atomic E-state index is -0.180. The van der Waals surface area contributed by atoms with Crippen molar-refractivity contribution in [3.63, 3.8) is 0 Å². The Morgan fingerprint density at radius 1 is 1.36 bits per heavy atom. The van der Waals surface area contributed by atoms with E-state index in [0.29, 0.717) is 11.3 Å². The first kappa shape index (κ1) is 16.1. The molecule has 2 aromatic rings. The van der Waals surface area contributed by atoms with Crippen LogP contribution < -0.4 is 5.32 Å². The van der Waals surface area contributed by atoms with Gasteiger partial charge in [0, 0.05) is 18.4 Å². The van der Waals surface area contributed by atoms with Crippen LogP contribution >= 0.6 is 0 Å². The third-order valence-corrected chi connectivity index (χ3v) is 3.76. The zero-order valence-corrected chi connectivity index (χ0v) is 13.8. The average Bonchev–Trinajstić information content (AvgIpc) is 2.82. The van der Waals surface area contributed by atoms with E-state index in [1.165, 1.54) is 0 Å². The molecule has 5 nitrogen and oxygen atoms in total. The maximum absolute atomic E-state index is 12.5. The number of aromatic nitrogens is 2. The number of carbonyl (C=O) groups excluding carboxylic acids is 1. The molecule has 2 N–H and O–H groups in total. The zero-order chi connectivity index (χ0) is 16.4. The van der Waals surface area contributed by atoms with Gasteiger partial charge in [0.1, 0.15) is 5.75 Å². The highest BCUT2D eigenvalue weighted by molar-refractivity contribution is 6.05. The van der Waals surface area contributed by atoms with Crippen LogP contribution in [0.15, 0.2) is 18.3 Å². The molecule has 0 saturated heterocycles. The summed E-state index contributed by atoms with van der Waals surface area (Å²) >= 11 is 0. The van der Waals surface area contributed by atoms with Gasteiger partial charge in [-0.05, 0) is 49.9 Å². The molecule has 0 radical (unpaired) electrons. The van der Waals surface area contributed by atoms with Crippen molar-refractivity contribution in [2.45, 2.75) is 47.1 Å². The number of carbonyl (C=O) groups is 1. The smallest absolute Gasteiger partial charge is 0.259 e. The van der Waals surface area contributed by atoms with Gasteiger partial charge in [0.15, 0.2) is 0 Å². The lowest BCUT2D eigenvalue weighted by atomic mass is 9.99. The molecule has 0 fully saturated rings. The van der Waals surface area contributed by atoms with Crippen molar-refractivity contribution in [3.05, 3.63) is 40.7 Å². The van der Waals surface area contributed by atoms with E-state index >= 15 is 0 Å². The number of hydrogen-bond acceptors (Lipinski definition) is 3. The largest absolute Gasteiger partial charge is 0.508 e. The number of benzene rings is 1. The Morgan fingerprint density at radius 3 is 2.59 bits per heavy atom. The van der Waals surface area contributed by atoms with Crippen molar-refractivity contribution in [1.82, 2.24) is 9.78 Å². The van der Waals surface area contributed by atoms with E-state index in [2.05, 4.69) is 10.4 Å². The number of aromatic hydroxyl groups is 1. The van der Waals surface area contributed by atoms with Crippen LogP contribution in [-0.4, -0.2) is 20.8 Å². The van der Waals surface area contributed by atoms with Crippen molar-refractivity contribution in [3.8, 4) is 5.75 Å². The predicted molar refractivity (Wildman–Crippen MR) is 87.5 cm³/mol. The Labute approximate surface area is 131 Å². The summed E-state index contributed by atoms with van der Waals surface area (Å²) in [6.45, 7) is 10.4. The number of phenols is 1. The number of amides is 1. The number of phenolic OH excluding ortho intramolecular Hbond substituents is 1. The summed E-state index contributed by atoms with van der Waals surface area (Å²) < 4.78 is 1.74. The van der Waals surface area contributed by atoms with E-state index in [0.717, 1.165) is 23.4 Å². The van der Waals surface area contributed by atoms with Crippen LogP contribution in [0.2, 0.25) is 0 Å². The molecule has 0 unspecified atom stereocenters. The molecule has 0 bridgehead atoms. The summed E-state index contributed by atoms with van der Waals surface area (Å²) in [4.78, 5) is 12.5. The van der Waals surface area contributed by atoms with Gasteiger partial charge in [-0.3, -0.25) is 9.48 Å². The molecule has 22 heavy (non-hydrogen) atoms. The lowest BCUT2D eigenvalue weighted by Crippen LogP contribution is -2.13. The maximum Gasteiger partial charge on any atom is 0.259 e. The molecule has 0 aliphatic heterocycles. The molecule has 0 atom stereocenters. The Morgan fingerprint density at radius 2 is 2.05 bits per heavy atom. The second-order valence-corrected chi connectivity index (χ2v) is 5.82. The molecular formula is C17H23N3O2. The van der Waals surface area contributed by atoms with Gasteiger partial charge in [0.2, 0.25) is 0 Å². The van der Waals surface area contributed by atoms with Gasteiger partial charge < -0.3 is 10.4 Å². The van der Waals surface area contributed by atoms with E-state index in [1.54, 1.807) is 16.9 Å². The summed E-state index contributed by atoms with van der Waals surface area (Å²) in [5, 5.41) is 17.2. The molecule has 0 saturated carbocycles. The molecule has 0 aliphatic rings. The minimum Gasteiger partial charge on any atom is -0.508 e. The Bertz CT molecular complexity index is 702. The lowest BCUT2D eigenvalue weighted by Gasteiger charge is -2.14. The minimum absolute atomic E-state index is 0.180. The number of rotatable bonds is 4. The highest BCUT2D eigenvalue weighted by Crippen LogP contribution is 2.31. The number of anilines is 1. The summed E-state index contributed by atoms with van der Waals surface area (Å²) in [6, 6.07) is 3.53. The van der Waals surface area contributed by atoms with Gasteiger partial charge in [-0.1, -0.05) is 13.8 Å². The standard InChI is InChI=1S/C17H23N3O2/c1-6-20-9-14(12(5)19-20)17(22)18-15-8-13(10(2)3)16(21)7-11(15)4/h7-10,21H,6H2,1-5H3,(H,18,22). The van der Waals surface area contributed by atoms with Crippen LogP contribution in [0.5, 0.6) is 5.75 Å². The van der Waals surface area contributed by atoms with Crippen molar-refractivity contribution < 1.29 is 9.90 Å². The summed E-state index contributed by atoms with van der Waals surface area (Å²) in [7, 11) is 0. The Hall–Kier alpha value is -2.30. The molecule has 1 aromatic heterocycles. The predicted octanol–water partition coefficient (Wildman–Crippen LogP) is 3.60. The van der Waals surface area contributed by atoms with E-state index < -0.39 is 0 Å². The van der Waals surface area contributed by atoms with Crippen molar-refractivity contribution in [2.24, 2.45) is 0 Å². The highest BCUT2D eigenvalue weighted by Gasteiger charge is 2.16. The third-order valence-electron chi connectivity index (χ3n) is 3.76. The van der Waals surface area contributed by atoms with Crippen LogP contribution in [0.4, 0.5) is 5.69 Å². The normalized spacial score (nSPS) is 11.0. The quantitative estimate of drug-likeness (QED) is 0.848. The second kappa shape index (κ2) is 6.22. The van der Waals surface area contributed by atoms with Gasteiger partial charge in [-0.15, -0.1) is 0 Å². The maximum atomic E-state index is 12.5. The molecule has 5 heteroatoms. The van der Waals surface area contributed by atoms with E-state index in [9.17, 15) is 9.90 Å². The molecular weight excluding hydrogens is 278 g/mol. The first-order valence-corrected chi connectivity index (χ1v) is 7.52. The molecule has 2 rings (SSSR count). The SMILES string of the molecule is CCn1cc(C(=O)Nc2cc(C(C)C)c(O)cc2C)c(C)n1. The zero-order valence-electron chi connectivity index (χ0n) is 13.8. The van der Waals surface area contributed by atoms with E-state index in [-0.39, 0.29) is 17.6 Å². The van der Waals surface area contributed by atoms with E-state index in [1.807, 2.05) is 40.7 Å². The molecule has 118 valence electrons. The number of hydrogen-bond donors (Lipinski definition) is 2. The second-order valence-electron chi connectivity index (χ2n) is 5.82. The van der Waals surface area contributed by atoms with Crippen LogP contribution in [-0.2, 0) is 6.54 Å². The average molecular weight is 301 g/mol. The third kappa shape index (κ3) is 3.13. The van der Waals surface area contributed by atoms with Crippen molar-refractivity contribution in [1.29, 1.82) is 0 Å². The fourth-order valence-electron chi connectivity index (χ4n) is 2.40. The molecule has 1 amide bonds. The van der Waals surface area contributed by atoms with Crippen molar-refractivity contribution >= 4 is 11.6 Å². The Kier molecular flexibility index (Phi) is 4.54. The molecule has 0 spiro atoms. The molecule has 0 aliphatic carbocycles. The van der Waals surface area contributed by atoms with Crippen LogP contribution in [0.1, 0.15) is 53.9 Å². The first-order chi connectivity index (χ1) is 10.3. The fourth-order valence-corrected chi connectivity index (χ4v) is 2.40. The monoisotopic (exact) mass is 301 g/mol. The van der Waals surface area contributed by atoms with Gasteiger partial charge in [0.25, 0.3) is 5.91 Å². The van der Waals surface area contributed by atoms with Crippen LogP contribution in [0.25, 0.3) is 0 Å². The van der Waals surface area contributed by atoms with Gasteiger partial charge in [-0.2, -0.15) is 5.10 Å². The summed E-state index contributed by atoms with van der Waals surface area (Å²) in [5.41, 5.74) is 3.65. The molecule has 1 heterocycles. The van der Waals surface area contributed by atoms with Gasteiger partial charge in [-0.25, -0.2) is 0 Å². The Balaban J connectivity index is 2.31.